The molecule has 0 aromatic carbocycles. The summed E-state index contributed by atoms with van der Waals surface area (Å²) >= 11 is 0. The van der Waals surface area contributed by atoms with E-state index in [9.17, 15) is 13.2 Å². The zero-order valence-electron chi connectivity index (χ0n) is 13.4. The first-order valence-electron chi connectivity index (χ1n) is 7.38. The van der Waals surface area contributed by atoms with E-state index in [-0.39, 0.29) is 10.9 Å². The Hall–Kier alpha value is -1.48. The summed E-state index contributed by atoms with van der Waals surface area (Å²) < 4.78 is 30.0. The molecular formula is C13H24N4O4S. The van der Waals surface area contributed by atoms with Gasteiger partial charge in [-0.25, -0.2) is 18.2 Å². The number of ether oxygens (including phenoxy) is 1. The highest BCUT2D eigenvalue weighted by atomic mass is 32.2. The average Bonchev–Trinajstić information content (AvgIpc) is 2.99. The zero-order chi connectivity index (χ0) is 16.6. The molecule has 0 aliphatic carbocycles. The van der Waals surface area contributed by atoms with Crippen molar-refractivity contribution in [3.63, 3.8) is 0 Å². The number of carbonyl (C=O) groups excluding carboxylic acids is 1. The Bertz CT molecular complexity index is 570. The molecule has 0 unspecified atom stereocenters. The molecular weight excluding hydrogens is 308 g/mol. The van der Waals surface area contributed by atoms with E-state index in [1.807, 2.05) is 13.8 Å². The number of nitrogens with zero attached hydrogens (tertiary/aromatic N) is 4. The van der Waals surface area contributed by atoms with Gasteiger partial charge in [0.1, 0.15) is 6.33 Å². The standard InChI is InChI=1S/C13H24N4O4S/c1-4-6-10-22(19,20)12-14-11-17(15-12)13(18)16(7-5-2)8-9-21-3/h11H,4-10H2,1-3H3. The minimum Gasteiger partial charge on any atom is -0.383 e. The third-order valence-corrected chi connectivity index (χ3v) is 4.61. The first-order chi connectivity index (χ1) is 10.5. The van der Waals surface area contributed by atoms with Gasteiger partial charge in [0.25, 0.3) is 5.16 Å². The molecule has 0 saturated heterocycles. The quantitative estimate of drug-likeness (QED) is 0.674. The van der Waals surface area contributed by atoms with Gasteiger partial charge in [0, 0.05) is 20.2 Å². The lowest BCUT2D eigenvalue weighted by molar-refractivity contribution is 0.148. The Kier molecular flexibility index (Phi) is 7.46. The molecule has 0 bridgehead atoms. The van der Waals surface area contributed by atoms with Crippen LogP contribution in [0.4, 0.5) is 4.79 Å². The lowest BCUT2D eigenvalue weighted by Gasteiger charge is -2.20. The van der Waals surface area contributed by atoms with Gasteiger partial charge in [0.2, 0.25) is 9.84 Å². The highest BCUT2D eigenvalue weighted by Gasteiger charge is 2.22. The van der Waals surface area contributed by atoms with Crippen LogP contribution < -0.4 is 0 Å². The van der Waals surface area contributed by atoms with Crippen LogP contribution in [0.15, 0.2) is 11.5 Å². The highest BCUT2D eigenvalue weighted by Crippen LogP contribution is 2.07. The summed E-state index contributed by atoms with van der Waals surface area (Å²) in [6.07, 6.45) is 3.24. The van der Waals surface area contributed by atoms with Crippen LogP contribution >= 0.6 is 0 Å². The summed E-state index contributed by atoms with van der Waals surface area (Å²) in [5.41, 5.74) is 0. The van der Waals surface area contributed by atoms with Crippen molar-refractivity contribution < 1.29 is 17.9 Å². The van der Waals surface area contributed by atoms with Gasteiger partial charge in [0.15, 0.2) is 0 Å². The number of amides is 1. The van der Waals surface area contributed by atoms with Crippen LogP contribution in [0.2, 0.25) is 0 Å². The fourth-order valence-electron chi connectivity index (χ4n) is 1.83. The maximum absolute atomic E-state index is 12.3. The van der Waals surface area contributed by atoms with Crippen molar-refractivity contribution in [2.45, 2.75) is 38.3 Å². The first-order valence-corrected chi connectivity index (χ1v) is 9.04. The Morgan fingerprint density at radius 3 is 2.64 bits per heavy atom. The van der Waals surface area contributed by atoms with Crippen LogP contribution in [0.5, 0.6) is 0 Å². The van der Waals surface area contributed by atoms with Gasteiger partial charge in [-0.1, -0.05) is 20.3 Å². The molecule has 9 heteroatoms. The van der Waals surface area contributed by atoms with E-state index in [2.05, 4.69) is 10.1 Å². The minimum atomic E-state index is -3.53. The van der Waals surface area contributed by atoms with Gasteiger partial charge >= 0.3 is 6.03 Å². The van der Waals surface area contributed by atoms with Crippen LogP contribution in [0.3, 0.4) is 0 Å². The van der Waals surface area contributed by atoms with E-state index in [0.717, 1.165) is 23.9 Å². The van der Waals surface area contributed by atoms with Gasteiger partial charge < -0.3 is 9.64 Å². The number of hydrogen-bond donors (Lipinski definition) is 0. The van der Waals surface area contributed by atoms with E-state index in [1.54, 1.807) is 12.0 Å². The van der Waals surface area contributed by atoms with E-state index >= 15 is 0 Å². The summed E-state index contributed by atoms with van der Waals surface area (Å²) in [5, 5.41) is 3.54. The second-order valence-corrected chi connectivity index (χ2v) is 6.91. The summed E-state index contributed by atoms with van der Waals surface area (Å²) in [6.45, 7) is 5.22. The van der Waals surface area contributed by atoms with Crippen molar-refractivity contribution in [1.82, 2.24) is 19.7 Å². The lowest BCUT2D eigenvalue weighted by atomic mass is 10.4. The topological polar surface area (TPSA) is 94.4 Å². The minimum absolute atomic E-state index is 0.00987. The molecule has 1 amide bonds. The highest BCUT2D eigenvalue weighted by molar-refractivity contribution is 7.91. The number of aromatic nitrogens is 3. The summed E-state index contributed by atoms with van der Waals surface area (Å²) in [4.78, 5) is 17.7. The van der Waals surface area contributed by atoms with Crippen molar-refractivity contribution in [3.05, 3.63) is 6.33 Å². The predicted octanol–water partition coefficient (Wildman–Crippen LogP) is 1.18. The number of methoxy groups -OCH3 is 1. The first kappa shape index (κ1) is 18.6. The smallest absolute Gasteiger partial charge is 0.346 e. The number of unbranched alkanes of at least 4 members (excludes halogenated alkanes) is 1. The van der Waals surface area contributed by atoms with Crippen LogP contribution in [0, 0.1) is 0 Å². The van der Waals surface area contributed by atoms with Crippen LogP contribution in [-0.2, 0) is 14.6 Å². The van der Waals surface area contributed by atoms with Crippen molar-refractivity contribution in [3.8, 4) is 0 Å². The number of sulfone groups is 1. The van der Waals surface area contributed by atoms with Gasteiger partial charge in [-0.3, -0.25) is 0 Å². The SMILES string of the molecule is CCCCS(=O)(=O)c1ncn(C(=O)N(CCC)CCOC)n1. The second-order valence-electron chi connectivity index (χ2n) is 4.91. The monoisotopic (exact) mass is 332 g/mol. The van der Waals surface area contributed by atoms with E-state index in [0.29, 0.717) is 26.1 Å². The maximum Gasteiger partial charge on any atom is 0.346 e. The Morgan fingerprint density at radius 1 is 1.32 bits per heavy atom. The van der Waals surface area contributed by atoms with Gasteiger partial charge in [-0.15, -0.1) is 5.10 Å². The molecule has 0 aliphatic heterocycles. The molecule has 1 rings (SSSR count). The van der Waals surface area contributed by atoms with Crippen molar-refractivity contribution in [2.75, 3.05) is 32.6 Å². The van der Waals surface area contributed by atoms with Crippen molar-refractivity contribution in [1.29, 1.82) is 0 Å². The van der Waals surface area contributed by atoms with E-state index in [1.165, 1.54) is 0 Å². The van der Waals surface area contributed by atoms with Gasteiger partial charge in [-0.2, -0.15) is 4.68 Å². The van der Waals surface area contributed by atoms with E-state index < -0.39 is 15.9 Å². The molecule has 1 aromatic heterocycles. The van der Waals surface area contributed by atoms with Gasteiger partial charge in [-0.05, 0) is 12.8 Å². The molecule has 8 nitrogen and oxygen atoms in total. The van der Waals surface area contributed by atoms with Crippen LogP contribution in [0.25, 0.3) is 0 Å². The predicted molar refractivity (Wildman–Crippen MR) is 81.5 cm³/mol. The zero-order valence-corrected chi connectivity index (χ0v) is 14.2. The molecule has 0 fully saturated rings. The third-order valence-electron chi connectivity index (χ3n) is 3.04. The fourth-order valence-corrected chi connectivity index (χ4v) is 3.10. The number of hydrogen-bond acceptors (Lipinski definition) is 6. The molecule has 1 aromatic rings. The Balaban J connectivity index is 2.86. The third kappa shape index (κ3) is 5.06. The average molecular weight is 332 g/mol. The molecule has 0 N–H and O–H groups in total. The van der Waals surface area contributed by atoms with Crippen LogP contribution in [0.1, 0.15) is 33.1 Å². The second kappa shape index (κ2) is 8.84. The Morgan fingerprint density at radius 2 is 2.05 bits per heavy atom. The Labute approximate surface area is 131 Å². The number of carbonyl (C=O) groups is 1. The van der Waals surface area contributed by atoms with Crippen LogP contribution in [-0.4, -0.2) is 66.7 Å². The maximum atomic E-state index is 12.3. The number of rotatable bonds is 9. The molecule has 126 valence electrons. The molecule has 0 spiro atoms. The summed E-state index contributed by atoms with van der Waals surface area (Å²) in [7, 11) is -1.97. The van der Waals surface area contributed by atoms with Gasteiger partial charge in [0.05, 0.1) is 12.4 Å². The molecule has 0 aliphatic rings. The fraction of sp³-hybridized carbons (Fsp3) is 0.769. The van der Waals surface area contributed by atoms with E-state index in [4.69, 9.17) is 4.74 Å². The van der Waals surface area contributed by atoms with Crippen molar-refractivity contribution in [2.24, 2.45) is 0 Å². The molecule has 1 heterocycles. The molecule has 0 radical (unpaired) electrons. The summed E-state index contributed by atoms with van der Waals surface area (Å²) in [5.74, 6) is -0.00987. The summed E-state index contributed by atoms with van der Waals surface area (Å²) in [6, 6.07) is -0.400. The molecule has 0 atom stereocenters. The van der Waals surface area contributed by atoms with Crippen molar-refractivity contribution >= 4 is 15.9 Å². The largest absolute Gasteiger partial charge is 0.383 e. The molecule has 0 saturated carbocycles. The lowest BCUT2D eigenvalue weighted by Crippen LogP contribution is -2.38. The normalized spacial score (nSPS) is 11.6. The molecule has 22 heavy (non-hydrogen) atoms.